The molecule has 4 heteroatoms. The topological polar surface area (TPSA) is 66.6 Å². The largest absolute Gasteiger partial charge is 0.394 e. The van der Waals surface area contributed by atoms with E-state index in [1.807, 2.05) is 35.2 Å². The van der Waals surface area contributed by atoms with Crippen molar-refractivity contribution >= 4 is 5.91 Å². The quantitative estimate of drug-likeness (QED) is 0.874. The number of likely N-dealkylation sites (tertiary alicyclic amines) is 1. The highest BCUT2D eigenvalue weighted by molar-refractivity contribution is 5.76. The molecule has 2 atom stereocenters. The van der Waals surface area contributed by atoms with E-state index in [1.54, 1.807) is 0 Å². The van der Waals surface area contributed by atoms with E-state index in [0.717, 1.165) is 37.8 Å². The van der Waals surface area contributed by atoms with Gasteiger partial charge in [-0.1, -0.05) is 43.2 Å². The molecule has 1 aromatic carbocycles. The summed E-state index contributed by atoms with van der Waals surface area (Å²) in [5, 5.41) is 9.47. The second-order valence-electron chi connectivity index (χ2n) is 5.83. The van der Waals surface area contributed by atoms with Crippen LogP contribution in [0.2, 0.25) is 0 Å². The van der Waals surface area contributed by atoms with Crippen LogP contribution in [0, 0.1) is 0 Å². The molecular formula is C17H26N2O2. The molecular weight excluding hydrogens is 264 g/mol. The summed E-state index contributed by atoms with van der Waals surface area (Å²) in [4.78, 5) is 14.3. The summed E-state index contributed by atoms with van der Waals surface area (Å²) in [5.41, 5.74) is 7.22. The molecule has 0 bridgehead atoms. The molecule has 0 aliphatic carbocycles. The van der Waals surface area contributed by atoms with Gasteiger partial charge in [-0.3, -0.25) is 4.79 Å². The van der Waals surface area contributed by atoms with Gasteiger partial charge in [0.05, 0.1) is 12.6 Å². The van der Waals surface area contributed by atoms with Crippen LogP contribution in [0.1, 0.15) is 50.1 Å². The van der Waals surface area contributed by atoms with Gasteiger partial charge in [0.25, 0.3) is 0 Å². The van der Waals surface area contributed by atoms with Crippen LogP contribution in [0.25, 0.3) is 0 Å². The van der Waals surface area contributed by atoms with Crippen LogP contribution in [0.15, 0.2) is 30.3 Å². The highest BCUT2D eigenvalue weighted by Gasteiger charge is 2.24. The Balaban J connectivity index is 1.88. The average Bonchev–Trinajstić information content (AvgIpc) is 2.78. The molecule has 1 aliphatic heterocycles. The highest BCUT2D eigenvalue weighted by atomic mass is 16.3. The van der Waals surface area contributed by atoms with Gasteiger partial charge in [-0.25, -0.2) is 0 Å². The Morgan fingerprint density at radius 1 is 1.29 bits per heavy atom. The van der Waals surface area contributed by atoms with E-state index in [2.05, 4.69) is 0 Å². The number of benzene rings is 1. The Labute approximate surface area is 126 Å². The fourth-order valence-corrected chi connectivity index (χ4v) is 2.98. The number of amides is 1. The Morgan fingerprint density at radius 2 is 2.05 bits per heavy atom. The number of nitrogens with two attached hydrogens (primary N) is 1. The number of hydrogen-bond acceptors (Lipinski definition) is 3. The van der Waals surface area contributed by atoms with Crippen LogP contribution >= 0.6 is 0 Å². The van der Waals surface area contributed by atoms with Crippen LogP contribution < -0.4 is 5.73 Å². The lowest BCUT2D eigenvalue weighted by Crippen LogP contribution is -2.42. The summed E-state index contributed by atoms with van der Waals surface area (Å²) in [6.07, 6.45) is 5.28. The summed E-state index contributed by atoms with van der Waals surface area (Å²) in [5.74, 6) is 0.127. The molecule has 1 amide bonds. The molecule has 0 radical (unpaired) electrons. The average molecular weight is 290 g/mol. The van der Waals surface area contributed by atoms with E-state index in [4.69, 9.17) is 5.73 Å². The molecule has 0 spiro atoms. The molecule has 0 aromatic heterocycles. The maximum atomic E-state index is 12.4. The van der Waals surface area contributed by atoms with Gasteiger partial charge >= 0.3 is 0 Å². The van der Waals surface area contributed by atoms with Crippen LogP contribution in [0.4, 0.5) is 0 Å². The lowest BCUT2D eigenvalue weighted by Gasteiger charge is -2.29. The SMILES string of the molecule is NC(CCC(=O)N1CCCCCC1CO)c1ccccc1. The Bertz CT molecular complexity index is 436. The first-order valence-corrected chi connectivity index (χ1v) is 7.93. The van der Waals surface area contributed by atoms with Crippen molar-refractivity contribution in [3.63, 3.8) is 0 Å². The third-order valence-corrected chi connectivity index (χ3v) is 4.31. The number of aliphatic hydroxyl groups is 1. The molecule has 4 nitrogen and oxygen atoms in total. The molecule has 1 aliphatic rings. The monoisotopic (exact) mass is 290 g/mol. The number of aliphatic hydroxyl groups excluding tert-OH is 1. The lowest BCUT2D eigenvalue weighted by atomic mass is 10.0. The van der Waals surface area contributed by atoms with Crippen molar-refractivity contribution in [2.75, 3.05) is 13.2 Å². The van der Waals surface area contributed by atoms with Crippen molar-refractivity contribution < 1.29 is 9.90 Å². The smallest absolute Gasteiger partial charge is 0.222 e. The van der Waals surface area contributed by atoms with Crippen molar-refractivity contribution in [2.45, 2.75) is 50.6 Å². The summed E-state index contributed by atoms with van der Waals surface area (Å²) < 4.78 is 0. The molecule has 0 saturated carbocycles. The third-order valence-electron chi connectivity index (χ3n) is 4.31. The van der Waals surface area contributed by atoms with E-state index in [9.17, 15) is 9.90 Å². The molecule has 1 aromatic rings. The van der Waals surface area contributed by atoms with Crippen LogP contribution in [0.5, 0.6) is 0 Å². The minimum absolute atomic E-state index is 0.00653. The zero-order valence-corrected chi connectivity index (χ0v) is 12.6. The number of carbonyl (C=O) groups excluding carboxylic acids is 1. The summed E-state index contributed by atoms with van der Waals surface area (Å²) >= 11 is 0. The molecule has 2 rings (SSSR count). The zero-order chi connectivity index (χ0) is 15.1. The normalized spacial score (nSPS) is 20.9. The van der Waals surface area contributed by atoms with Crippen LogP contribution in [0.3, 0.4) is 0 Å². The summed E-state index contributed by atoms with van der Waals surface area (Å²) in [7, 11) is 0. The van der Waals surface area contributed by atoms with Gasteiger partial charge in [0.2, 0.25) is 5.91 Å². The molecule has 1 fully saturated rings. The molecule has 1 heterocycles. The second-order valence-corrected chi connectivity index (χ2v) is 5.83. The van der Waals surface area contributed by atoms with Crippen LogP contribution in [-0.4, -0.2) is 35.1 Å². The number of nitrogens with zero attached hydrogens (tertiary/aromatic N) is 1. The van der Waals surface area contributed by atoms with Gasteiger partial charge in [0.15, 0.2) is 0 Å². The van der Waals surface area contributed by atoms with Gasteiger partial charge in [-0.05, 0) is 24.8 Å². The predicted octanol–water partition coefficient (Wildman–Crippen LogP) is 2.23. The third kappa shape index (κ3) is 4.55. The van der Waals surface area contributed by atoms with Crippen molar-refractivity contribution in [3.05, 3.63) is 35.9 Å². The van der Waals surface area contributed by atoms with E-state index in [0.29, 0.717) is 12.8 Å². The molecule has 1 saturated heterocycles. The molecule has 2 unspecified atom stereocenters. The minimum Gasteiger partial charge on any atom is -0.394 e. The van der Waals surface area contributed by atoms with Gasteiger partial charge in [0.1, 0.15) is 0 Å². The van der Waals surface area contributed by atoms with Gasteiger partial charge < -0.3 is 15.7 Å². The predicted molar refractivity (Wildman–Crippen MR) is 83.7 cm³/mol. The number of hydrogen-bond donors (Lipinski definition) is 2. The molecule has 3 N–H and O–H groups in total. The van der Waals surface area contributed by atoms with Crippen molar-refractivity contribution in [3.8, 4) is 0 Å². The van der Waals surface area contributed by atoms with E-state index in [-0.39, 0.29) is 24.6 Å². The van der Waals surface area contributed by atoms with Crippen LogP contribution in [-0.2, 0) is 4.79 Å². The van der Waals surface area contributed by atoms with Gasteiger partial charge in [-0.15, -0.1) is 0 Å². The zero-order valence-electron chi connectivity index (χ0n) is 12.6. The Morgan fingerprint density at radius 3 is 2.76 bits per heavy atom. The lowest BCUT2D eigenvalue weighted by molar-refractivity contribution is -0.134. The minimum atomic E-state index is -0.102. The molecule has 21 heavy (non-hydrogen) atoms. The van der Waals surface area contributed by atoms with Crippen molar-refractivity contribution in [1.29, 1.82) is 0 Å². The Kier molecular flexibility index (Phi) is 6.21. The first kappa shape index (κ1) is 16.0. The van der Waals surface area contributed by atoms with E-state index in [1.165, 1.54) is 0 Å². The van der Waals surface area contributed by atoms with Gasteiger partial charge in [0, 0.05) is 19.0 Å². The number of rotatable bonds is 5. The van der Waals surface area contributed by atoms with Crippen molar-refractivity contribution in [2.24, 2.45) is 5.73 Å². The van der Waals surface area contributed by atoms with E-state index >= 15 is 0 Å². The maximum absolute atomic E-state index is 12.4. The summed E-state index contributed by atoms with van der Waals surface area (Å²) in [6.45, 7) is 0.834. The fraction of sp³-hybridized carbons (Fsp3) is 0.588. The maximum Gasteiger partial charge on any atom is 0.222 e. The summed E-state index contributed by atoms with van der Waals surface area (Å²) in [6, 6.07) is 9.78. The van der Waals surface area contributed by atoms with Crippen molar-refractivity contribution in [1.82, 2.24) is 4.90 Å². The first-order chi connectivity index (χ1) is 10.2. The van der Waals surface area contributed by atoms with E-state index < -0.39 is 0 Å². The fourth-order valence-electron chi connectivity index (χ4n) is 2.98. The highest BCUT2D eigenvalue weighted by Crippen LogP contribution is 2.20. The second kappa shape index (κ2) is 8.15. The first-order valence-electron chi connectivity index (χ1n) is 7.93. The Hall–Kier alpha value is -1.39. The number of carbonyl (C=O) groups is 1. The molecule has 116 valence electrons. The standard InChI is InChI=1S/C17H26N2O2/c18-16(14-7-3-1-4-8-14)10-11-17(21)19-12-6-2-5-9-15(19)13-20/h1,3-4,7-8,15-16,20H,2,5-6,9-13,18H2. The van der Waals surface area contributed by atoms with Gasteiger partial charge in [-0.2, -0.15) is 0 Å².